The largest absolute Gasteiger partial charge is 0.355 e. The standard InChI is InChI=1S/C8H17N3O3S/c1-2-4-10-15(13,14)11-6-3-8(12)9-5-7-11/h10H,2-7H2,1H3,(H,9,12). The predicted molar refractivity (Wildman–Crippen MR) is 56.4 cm³/mol. The number of rotatable bonds is 4. The van der Waals surface area contributed by atoms with E-state index in [4.69, 9.17) is 0 Å². The summed E-state index contributed by atoms with van der Waals surface area (Å²) < 4.78 is 27.1. The van der Waals surface area contributed by atoms with E-state index in [0.717, 1.165) is 6.42 Å². The molecule has 1 rings (SSSR count). The van der Waals surface area contributed by atoms with Crippen LogP contribution in [0.5, 0.6) is 0 Å². The molecule has 15 heavy (non-hydrogen) atoms. The summed E-state index contributed by atoms with van der Waals surface area (Å²) >= 11 is 0. The maximum atomic E-state index is 11.7. The number of nitrogens with one attached hydrogen (secondary N) is 2. The van der Waals surface area contributed by atoms with E-state index < -0.39 is 10.2 Å². The van der Waals surface area contributed by atoms with E-state index in [1.54, 1.807) is 0 Å². The van der Waals surface area contributed by atoms with Crippen molar-refractivity contribution in [3.8, 4) is 0 Å². The maximum Gasteiger partial charge on any atom is 0.279 e. The molecule has 0 aromatic carbocycles. The van der Waals surface area contributed by atoms with Gasteiger partial charge in [0.15, 0.2) is 0 Å². The molecule has 1 amide bonds. The van der Waals surface area contributed by atoms with Crippen LogP contribution >= 0.6 is 0 Å². The van der Waals surface area contributed by atoms with Crippen LogP contribution in [0.1, 0.15) is 19.8 Å². The molecule has 1 aliphatic heterocycles. The highest BCUT2D eigenvalue weighted by Gasteiger charge is 2.23. The highest BCUT2D eigenvalue weighted by molar-refractivity contribution is 7.87. The first-order valence-electron chi connectivity index (χ1n) is 5.07. The minimum absolute atomic E-state index is 0.0943. The molecule has 0 radical (unpaired) electrons. The Morgan fingerprint density at radius 2 is 2.20 bits per heavy atom. The van der Waals surface area contributed by atoms with E-state index in [9.17, 15) is 13.2 Å². The van der Waals surface area contributed by atoms with Crippen molar-refractivity contribution in [3.05, 3.63) is 0 Å². The average molecular weight is 235 g/mol. The van der Waals surface area contributed by atoms with Gasteiger partial charge in [-0.2, -0.15) is 12.7 Å². The molecular weight excluding hydrogens is 218 g/mol. The molecule has 0 aliphatic carbocycles. The van der Waals surface area contributed by atoms with Gasteiger partial charge in [-0.05, 0) is 6.42 Å². The molecule has 0 bridgehead atoms. The van der Waals surface area contributed by atoms with Gasteiger partial charge in [0.25, 0.3) is 10.2 Å². The number of carbonyl (C=O) groups excluding carboxylic acids is 1. The SMILES string of the molecule is CCCNS(=O)(=O)N1CCNC(=O)CC1. The van der Waals surface area contributed by atoms with Crippen LogP contribution in [-0.2, 0) is 15.0 Å². The van der Waals surface area contributed by atoms with Crippen molar-refractivity contribution in [1.82, 2.24) is 14.3 Å². The van der Waals surface area contributed by atoms with Crippen LogP contribution < -0.4 is 10.0 Å². The Bertz CT molecular complexity index is 315. The summed E-state index contributed by atoms with van der Waals surface area (Å²) in [5, 5.41) is 2.63. The second-order valence-electron chi connectivity index (χ2n) is 3.40. The van der Waals surface area contributed by atoms with Crippen LogP contribution in [0.25, 0.3) is 0 Å². The minimum Gasteiger partial charge on any atom is -0.355 e. The predicted octanol–water partition coefficient (Wildman–Crippen LogP) is -0.947. The molecule has 1 aliphatic rings. The zero-order chi connectivity index (χ0) is 11.3. The number of carbonyl (C=O) groups is 1. The molecule has 0 aromatic heterocycles. The maximum absolute atomic E-state index is 11.7. The molecule has 88 valence electrons. The molecule has 0 unspecified atom stereocenters. The molecule has 0 atom stereocenters. The lowest BCUT2D eigenvalue weighted by Gasteiger charge is -2.19. The van der Waals surface area contributed by atoms with Gasteiger partial charge < -0.3 is 5.32 Å². The van der Waals surface area contributed by atoms with E-state index in [1.165, 1.54) is 4.31 Å². The Labute approximate surface area is 90.2 Å². The fourth-order valence-corrected chi connectivity index (χ4v) is 2.62. The van der Waals surface area contributed by atoms with E-state index >= 15 is 0 Å². The molecule has 2 N–H and O–H groups in total. The van der Waals surface area contributed by atoms with Gasteiger partial charge >= 0.3 is 0 Å². The fourth-order valence-electron chi connectivity index (χ4n) is 1.31. The van der Waals surface area contributed by atoms with Crippen LogP contribution in [0, 0.1) is 0 Å². The zero-order valence-electron chi connectivity index (χ0n) is 8.82. The second-order valence-corrected chi connectivity index (χ2v) is 5.15. The first-order chi connectivity index (χ1) is 7.06. The average Bonchev–Trinajstić information content (AvgIpc) is 2.40. The topological polar surface area (TPSA) is 78.5 Å². The van der Waals surface area contributed by atoms with E-state index in [0.29, 0.717) is 19.6 Å². The molecule has 1 fully saturated rings. The van der Waals surface area contributed by atoms with Crippen LogP contribution in [-0.4, -0.2) is 44.8 Å². The Balaban J connectivity index is 2.57. The molecule has 0 saturated carbocycles. The lowest BCUT2D eigenvalue weighted by molar-refractivity contribution is -0.120. The number of nitrogens with zero attached hydrogens (tertiary/aromatic N) is 1. The number of hydrogen-bond acceptors (Lipinski definition) is 3. The molecule has 0 spiro atoms. The summed E-state index contributed by atoms with van der Waals surface area (Å²) in [7, 11) is -3.40. The normalized spacial score (nSPS) is 19.7. The summed E-state index contributed by atoms with van der Waals surface area (Å²) in [6.07, 6.45) is 0.983. The molecule has 1 heterocycles. The lowest BCUT2D eigenvalue weighted by Crippen LogP contribution is -2.42. The third-order valence-corrected chi connectivity index (χ3v) is 3.76. The van der Waals surface area contributed by atoms with Crippen molar-refractivity contribution in [3.63, 3.8) is 0 Å². The highest BCUT2D eigenvalue weighted by atomic mass is 32.2. The Morgan fingerprint density at radius 3 is 2.87 bits per heavy atom. The summed E-state index contributed by atoms with van der Waals surface area (Å²) in [6.45, 7) is 3.30. The number of hydrogen-bond donors (Lipinski definition) is 2. The van der Waals surface area contributed by atoms with Crippen molar-refractivity contribution in [2.24, 2.45) is 0 Å². The third-order valence-electron chi connectivity index (χ3n) is 2.15. The van der Waals surface area contributed by atoms with E-state index in [1.807, 2.05) is 6.92 Å². The first kappa shape index (κ1) is 12.4. The van der Waals surface area contributed by atoms with Gasteiger partial charge in [0.05, 0.1) is 0 Å². The Morgan fingerprint density at radius 1 is 1.47 bits per heavy atom. The Kier molecular flexibility index (Phi) is 4.49. The van der Waals surface area contributed by atoms with E-state index in [-0.39, 0.29) is 18.9 Å². The smallest absolute Gasteiger partial charge is 0.279 e. The molecule has 6 nitrogen and oxygen atoms in total. The van der Waals surface area contributed by atoms with Gasteiger partial charge in [0.2, 0.25) is 5.91 Å². The van der Waals surface area contributed by atoms with E-state index in [2.05, 4.69) is 10.0 Å². The van der Waals surface area contributed by atoms with Crippen molar-refractivity contribution in [2.45, 2.75) is 19.8 Å². The van der Waals surface area contributed by atoms with Gasteiger partial charge in [-0.3, -0.25) is 4.79 Å². The molecule has 0 aromatic rings. The first-order valence-corrected chi connectivity index (χ1v) is 6.51. The lowest BCUT2D eigenvalue weighted by atomic mass is 10.4. The highest BCUT2D eigenvalue weighted by Crippen LogP contribution is 2.02. The van der Waals surface area contributed by atoms with Crippen molar-refractivity contribution in [1.29, 1.82) is 0 Å². The summed E-state index contributed by atoms with van der Waals surface area (Å²) in [6, 6.07) is 0. The van der Waals surface area contributed by atoms with Crippen LogP contribution in [0.3, 0.4) is 0 Å². The second kappa shape index (κ2) is 5.43. The fraction of sp³-hybridized carbons (Fsp3) is 0.875. The number of amides is 1. The van der Waals surface area contributed by atoms with Crippen molar-refractivity contribution < 1.29 is 13.2 Å². The quantitative estimate of drug-likeness (QED) is 0.659. The van der Waals surface area contributed by atoms with Crippen LogP contribution in [0.2, 0.25) is 0 Å². The summed E-state index contributed by atoms with van der Waals surface area (Å²) in [5.74, 6) is -0.0943. The van der Waals surface area contributed by atoms with Gasteiger partial charge in [-0.15, -0.1) is 0 Å². The minimum atomic E-state index is -3.40. The summed E-state index contributed by atoms with van der Waals surface area (Å²) in [4.78, 5) is 11.0. The van der Waals surface area contributed by atoms with Crippen molar-refractivity contribution in [2.75, 3.05) is 26.2 Å². The van der Waals surface area contributed by atoms with Crippen LogP contribution in [0.4, 0.5) is 0 Å². The van der Waals surface area contributed by atoms with Crippen molar-refractivity contribution >= 4 is 16.1 Å². The van der Waals surface area contributed by atoms with Gasteiger partial charge in [0, 0.05) is 32.6 Å². The monoisotopic (exact) mass is 235 g/mol. The molecular formula is C8H17N3O3S. The van der Waals surface area contributed by atoms with Gasteiger partial charge in [-0.1, -0.05) is 6.92 Å². The van der Waals surface area contributed by atoms with Gasteiger partial charge in [0.1, 0.15) is 0 Å². The zero-order valence-corrected chi connectivity index (χ0v) is 9.64. The molecule has 1 saturated heterocycles. The third kappa shape index (κ3) is 3.77. The van der Waals surface area contributed by atoms with Crippen LogP contribution in [0.15, 0.2) is 0 Å². The van der Waals surface area contributed by atoms with Gasteiger partial charge in [-0.25, -0.2) is 4.72 Å². The summed E-state index contributed by atoms with van der Waals surface area (Å²) in [5.41, 5.74) is 0. The molecule has 7 heteroatoms. The Hall–Kier alpha value is -0.660.